The van der Waals surface area contributed by atoms with Gasteiger partial charge in [0.25, 0.3) is 5.91 Å². The third-order valence-electron chi connectivity index (χ3n) is 3.09. The van der Waals surface area contributed by atoms with E-state index < -0.39 is 0 Å². The average molecular weight is 336 g/mol. The minimum atomic E-state index is -0.131. The fraction of sp³-hybridized carbons (Fsp3) is 0.235. The molecule has 1 N–H and O–H groups in total. The lowest BCUT2D eigenvalue weighted by Crippen LogP contribution is -2.25. The second kappa shape index (κ2) is 8.11. The third-order valence-corrected chi connectivity index (χ3v) is 4.40. The van der Waals surface area contributed by atoms with E-state index in [2.05, 4.69) is 36.5 Å². The van der Waals surface area contributed by atoms with Crippen LogP contribution in [0, 0.1) is 6.92 Å². The maximum Gasteiger partial charge on any atom is 0.251 e. The number of ether oxygens (including phenoxy) is 1. The summed E-state index contributed by atoms with van der Waals surface area (Å²) in [6.07, 6.45) is 0. The molecule has 2 aromatic rings. The highest BCUT2D eigenvalue weighted by Gasteiger charge is 2.08. The van der Waals surface area contributed by atoms with Gasteiger partial charge in [0, 0.05) is 22.8 Å². The molecule has 0 unspecified atom stereocenters. The van der Waals surface area contributed by atoms with Crippen molar-refractivity contribution in [3.8, 4) is 5.75 Å². The Morgan fingerprint density at radius 1 is 1.23 bits per heavy atom. The first-order valence-electron chi connectivity index (χ1n) is 6.91. The van der Waals surface area contributed by atoms with E-state index in [4.69, 9.17) is 16.3 Å². The summed E-state index contributed by atoms with van der Waals surface area (Å²) >= 11 is 7.73. The van der Waals surface area contributed by atoms with Gasteiger partial charge in [-0.25, -0.2) is 0 Å². The molecule has 0 aliphatic heterocycles. The van der Waals surface area contributed by atoms with Crippen LogP contribution in [0.4, 0.5) is 0 Å². The molecule has 3 nitrogen and oxygen atoms in total. The molecule has 0 bridgehead atoms. The van der Waals surface area contributed by atoms with Crippen molar-refractivity contribution in [2.24, 2.45) is 0 Å². The van der Waals surface area contributed by atoms with E-state index in [0.717, 1.165) is 5.75 Å². The monoisotopic (exact) mass is 335 g/mol. The number of benzene rings is 2. The SMILES string of the molecule is COc1ccc(C(=O)NCCSc2ccc(C)cc2)cc1Cl. The Balaban J connectivity index is 1.80. The van der Waals surface area contributed by atoms with E-state index in [9.17, 15) is 4.79 Å². The van der Waals surface area contributed by atoms with Gasteiger partial charge in [0.1, 0.15) is 5.75 Å². The number of hydrogen-bond acceptors (Lipinski definition) is 3. The standard InChI is InChI=1S/C17H18ClNO2S/c1-12-3-6-14(7-4-12)22-10-9-19-17(20)13-5-8-16(21-2)15(18)11-13/h3-8,11H,9-10H2,1-2H3,(H,19,20). The van der Waals surface area contributed by atoms with Gasteiger partial charge in [-0.15, -0.1) is 11.8 Å². The third kappa shape index (κ3) is 4.68. The number of carbonyl (C=O) groups is 1. The summed E-state index contributed by atoms with van der Waals surface area (Å²) in [7, 11) is 1.54. The highest BCUT2D eigenvalue weighted by atomic mass is 35.5. The van der Waals surface area contributed by atoms with E-state index in [1.165, 1.54) is 10.5 Å². The zero-order valence-corrected chi connectivity index (χ0v) is 14.1. The molecular formula is C17H18ClNO2S. The highest BCUT2D eigenvalue weighted by molar-refractivity contribution is 7.99. The van der Waals surface area contributed by atoms with E-state index in [0.29, 0.717) is 22.9 Å². The number of hydrogen-bond donors (Lipinski definition) is 1. The van der Waals surface area contributed by atoms with Gasteiger partial charge in [0.15, 0.2) is 0 Å². The van der Waals surface area contributed by atoms with Crippen LogP contribution in [-0.4, -0.2) is 25.3 Å². The second-order valence-corrected chi connectivity index (χ2v) is 6.34. The first-order chi connectivity index (χ1) is 10.6. The number of carbonyl (C=O) groups excluding carboxylic acids is 1. The van der Waals surface area contributed by atoms with Crippen molar-refractivity contribution in [1.82, 2.24) is 5.32 Å². The molecule has 2 rings (SSSR count). The second-order valence-electron chi connectivity index (χ2n) is 4.77. The number of halogens is 1. The van der Waals surface area contributed by atoms with Gasteiger partial charge in [0.2, 0.25) is 0 Å². The van der Waals surface area contributed by atoms with Gasteiger partial charge in [-0.3, -0.25) is 4.79 Å². The van der Waals surface area contributed by atoms with E-state index in [-0.39, 0.29) is 5.91 Å². The molecule has 0 aromatic heterocycles. The molecular weight excluding hydrogens is 318 g/mol. The topological polar surface area (TPSA) is 38.3 Å². The van der Waals surface area contributed by atoms with Crippen LogP contribution in [0.1, 0.15) is 15.9 Å². The summed E-state index contributed by atoms with van der Waals surface area (Å²) < 4.78 is 5.07. The largest absolute Gasteiger partial charge is 0.495 e. The van der Waals surface area contributed by atoms with Crippen molar-refractivity contribution in [3.63, 3.8) is 0 Å². The predicted molar refractivity (Wildman–Crippen MR) is 92.2 cm³/mol. The Kier molecular flexibility index (Phi) is 6.16. The summed E-state index contributed by atoms with van der Waals surface area (Å²) in [6, 6.07) is 13.4. The van der Waals surface area contributed by atoms with Crippen LogP contribution in [0.25, 0.3) is 0 Å². The summed E-state index contributed by atoms with van der Waals surface area (Å²) in [5.41, 5.74) is 1.78. The van der Waals surface area contributed by atoms with Gasteiger partial charge in [-0.1, -0.05) is 29.3 Å². The molecule has 0 atom stereocenters. The summed E-state index contributed by atoms with van der Waals surface area (Å²) in [5.74, 6) is 1.25. The molecule has 0 saturated heterocycles. The number of nitrogens with one attached hydrogen (secondary N) is 1. The van der Waals surface area contributed by atoms with Crippen molar-refractivity contribution >= 4 is 29.3 Å². The Bertz CT molecular complexity index is 644. The van der Waals surface area contributed by atoms with Crippen molar-refractivity contribution < 1.29 is 9.53 Å². The Morgan fingerprint density at radius 2 is 1.95 bits per heavy atom. The summed E-state index contributed by atoms with van der Waals surface area (Å²) in [5, 5.41) is 3.32. The van der Waals surface area contributed by atoms with Gasteiger partial charge >= 0.3 is 0 Å². The molecule has 1 amide bonds. The van der Waals surface area contributed by atoms with Crippen molar-refractivity contribution in [2.75, 3.05) is 19.4 Å². The van der Waals surface area contributed by atoms with Crippen LogP contribution >= 0.6 is 23.4 Å². The van der Waals surface area contributed by atoms with Crippen LogP contribution in [0.15, 0.2) is 47.4 Å². The molecule has 0 saturated carbocycles. The number of aryl methyl sites for hydroxylation is 1. The van der Waals surface area contributed by atoms with Gasteiger partial charge in [-0.05, 0) is 37.3 Å². The number of amides is 1. The lowest BCUT2D eigenvalue weighted by atomic mass is 10.2. The lowest BCUT2D eigenvalue weighted by molar-refractivity contribution is 0.0956. The van der Waals surface area contributed by atoms with E-state index in [1.54, 1.807) is 37.1 Å². The van der Waals surface area contributed by atoms with E-state index in [1.807, 2.05) is 0 Å². The average Bonchev–Trinajstić information content (AvgIpc) is 2.53. The Labute approximate surface area is 140 Å². The van der Waals surface area contributed by atoms with Crippen LogP contribution in [0.3, 0.4) is 0 Å². The predicted octanol–water partition coefficient (Wildman–Crippen LogP) is 4.18. The number of rotatable bonds is 6. The number of methoxy groups -OCH3 is 1. The molecule has 0 heterocycles. The molecule has 22 heavy (non-hydrogen) atoms. The Hall–Kier alpha value is -1.65. The zero-order chi connectivity index (χ0) is 15.9. The fourth-order valence-corrected chi connectivity index (χ4v) is 2.90. The smallest absolute Gasteiger partial charge is 0.251 e. The highest BCUT2D eigenvalue weighted by Crippen LogP contribution is 2.24. The van der Waals surface area contributed by atoms with Crippen LogP contribution in [0.5, 0.6) is 5.75 Å². The molecule has 0 radical (unpaired) electrons. The van der Waals surface area contributed by atoms with Gasteiger partial charge in [0.05, 0.1) is 12.1 Å². The van der Waals surface area contributed by atoms with Gasteiger partial charge in [-0.2, -0.15) is 0 Å². The normalized spacial score (nSPS) is 10.3. The quantitative estimate of drug-likeness (QED) is 0.635. The molecule has 5 heteroatoms. The molecule has 116 valence electrons. The lowest BCUT2D eigenvalue weighted by Gasteiger charge is -2.07. The van der Waals surface area contributed by atoms with Crippen LogP contribution in [0.2, 0.25) is 5.02 Å². The molecule has 0 fully saturated rings. The zero-order valence-electron chi connectivity index (χ0n) is 12.6. The van der Waals surface area contributed by atoms with E-state index >= 15 is 0 Å². The first-order valence-corrected chi connectivity index (χ1v) is 8.27. The fourth-order valence-electron chi connectivity index (χ4n) is 1.88. The number of thioether (sulfide) groups is 1. The molecule has 0 aliphatic rings. The van der Waals surface area contributed by atoms with Gasteiger partial charge < -0.3 is 10.1 Å². The maximum absolute atomic E-state index is 12.0. The molecule has 0 aliphatic carbocycles. The molecule has 2 aromatic carbocycles. The minimum absolute atomic E-state index is 0.131. The molecule has 0 spiro atoms. The maximum atomic E-state index is 12.0. The summed E-state index contributed by atoms with van der Waals surface area (Å²) in [4.78, 5) is 13.2. The first kappa shape index (κ1) is 16.7. The van der Waals surface area contributed by atoms with Crippen molar-refractivity contribution in [1.29, 1.82) is 0 Å². The van der Waals surface area contributed by atoms with Crippen molar-refractivity contribution in [3.05, 3.63) is 58.6 Å². The minimum Gasteiger partial charge on any atom is -0.495 e. The van der Waals surface area contributed by atoms with Crippen molar-refractivity contribution in [2.45, 2.75) is 11.8 Å². The van der Waals surface area contributed by atoms with Crippen LogP contribution in [-0.2, 0) is 0 Å². The Morgan fingerprint density at radius 3 is 2.59 bits per heavy atom. The summed E-state index contributed by atoms with van der Waals surface area (Å²) in [6.45, 7) is 2.66. The van der Waals surface area contributed by atoms with Crippen LogP contribution < -0.4 is 10.1 Å².